The van der Waals surface area contributed by atoms with Gasteiger partial charge in [-0.3, -0.25) is 0 Å². The predicted molar refractivity (Wildman–Crippen MR) is 162 cm³/mol. The molecule has 0 saturated heterocycles. The number of rotatable bonds is 6. The molecule has 1 radical (unpaired) electrons. The van der Waals surface area contributed by atoms with Crippen molar-refractivity contribution in [3.8, 4) is 6.07 Å². The van der Waals surface area contributed by atoms with E-state index >= 15 is 0 Å². The third kappa shape index (κ3) is 26.1. The summed E-state index contributed by atoms with van der Waals surface area (Å²) in [4.78, 5) is 0. The van der Waals surface area contributed by atoms with E-state index < -0.39 is 10.2 Å². The number of hydrogen-bond acceptors (Lipinski definition) is 5. The average Bonchev–Trinajstić information content (AvgIpc) is 3.07. The summed E-state index contributed by atoms with van der Waals surface area (Å²) in [5.41, 5.74) is 0. The largest absolute Gasteiger partial charge is 0.222 e. The standard InChI is InChI=1S/2C14H15P.C2H3N.3CO.ClHO4.Mn/c2*1-2-15(13-9-5-3-6-10-13)14-11-7-4-8-12-14;1-2-3;3*1-2;2-1(3,4)5;/h2*3-12H,2H2,1H3;1H3;;;;(H,2,3,4,5);/p-1. The van der Waals surface area contributed by atoms with E-state index in [4.69, 9.17) is 37.9 Å². The fraction of sp³-hybridized carbons (Fsp3) is 0.152. The zero-order chi connectivity index (χ0) is 34.2. The van der Waals surface area contributed by atoms with Crippen molar-refractivity contribution in [2.45, 2.75) is 20.8 Å². The Kier molecular flexibility index (Phi) is 37.0. The Morgan fingerprint density at radius 3 is 0.778 bits per heavy atom. The molecule has 0 N–H and O–H groups in total. The Balaban J connectivity index is -0.000000263. The molecule has 0 saturated carbocycles. The molecule has 12 heteroatoms. The minimum atomic E-state index is -4.94. The fourth-order valence-electron chi connectivity index (χ4n) is 3.46. The first kappa shape index (κ1) is 49.0. The Bertz CT molecular complexity index is 1120. The Morgan fingerprint density at radius 2 is 0.667 bits per heavy atom. The van der Waals surface area contributed by atoms with E-state index in [2.05, 4.69) is 155 Å². The molecule has 237 valence electrons. The molecule has 4 aromatic rings. The molecular formula is C33H33ClMnNO7P2-. The van der Waals surface area contributed by atoms with Gasteiger partial charge in [0.2, 0.25) is 0 Å². The normalized spacial score (nSPS) is 8.67. The van der Waals surface area contributed by atoms with Gasteiger partial charge >= 0.3 is 33.9 Å². The molecule has 0 heterocycles. The SMILES string of the molecule is CC#N.CCP(c1ccccc1)c1ccccc1.CCP(c1ccccc1)c1ccccc1.[C-]#[O+].[C-]#[O+].[C-]#[O+].[Mn].[O-][Cl+3]([O-])([O-])[O-]. The van der Waals surface area contributed by atoms with Crippen LogP contribution in [0.4, 0.5) is 0 Å². The van der Waals surface area contributed by atoms with E-state index in [0.717, 1.165) is 0 Å². The van der Waals surface area contributed by atoms with Crippen LogP contribution in [0.15, 0.2) is 121 Å². The molecule has 0 aromatic heterocycles. The molecule has 4 rings (SSSR count). The quantitative estimate of drug-likeness (QED) is 0.129. The van der Waals surface area contributed by atoms with Gasteiger partial charge in [-0.15, -0.1) is 10.2 Å². The van der Waals surface area contributed by atoms with Gasteiger partial charge in [0.15, 0.2) is 0 Å². The number of nitriles is 1. The third-order valence-corrected chi connectivity index (χ3v) is 9.85. The van der Waals surface area contributed by atoms with Crippen molar-refractivity contribution in [3.63, 3.8) is 0 Å². The molecule has 0 aliphatic rings. The first-order valence-corrected chi connectivity index (χ1v) is 16.8. The van der Waals surface area contributed by atoms with E-state index in [0.29, 0.717) is 0 Å². The van der Waals surface area contributed by atoms with Crippen molar-refractivity contribution in [1.29, 1.82) is 5.26 Å². The molecule has 0 spiro atoms. The summed E-state index contributed by atoms with van der Waals surface area (Å²) >= 11 is 0. The van der Waals surface area contributed by atoms with Crippen LogP contribution in [0.5, 0.6) is 0 Å². The van der Waals surface area contributed by atoms with Crippen LogP contribution in [0, 0.1) is 41.5 Å². The van der Waals surface area contributed by atoms with E-state index in [1.54, 1.807) is 6.07 Å². The van der Waals surface area contributed by atoms with Gasteiger partial charge in [0.05, 0.1) is 6.07 Å². The second-order valence-corrected chi connectivity index (χ2v) is 13.2. The van der Waals surface area contributed by atoms with Gasteiger partial charge in [-0.05, 0) is 49.4 Å². The number of nitrogens with zero attached hydrogens (tertiary/aromatic N) is 1. The van der Waals surface area contributed by atoms with Gasteiger partial charge in [0, 0.05) is 24.0 Å². The van der Waals surface area contributed by atoms with Crippen LogP contribution in [0.2, 0.25) is 0 Å². The van der Waals surface area contributed by atoms with Crippen molar-refractivity contribution in [2.24, 2.45) is 0 Å². The second-order valence-electron chi connectivity index (χ2n) is 7.43. The zero-order valence-corrected chi connectivity index (χ0v) is 28.6. The summed E-state index contributed by atoms with van der Waals surface area (Å²) < 4.78 is 56.5. The Hall–Kier alpha value is -2.90. The summed E-state index contributed by atoms with van der Waals surface area (Å²) in [6.07, 6.45) is 2.42. The molecule has 0 fully saturated rings. The minimum absolute atomic E-state index is 0. The van der Waals surface area contributed by atoms with Gasteiger partial charge in [-0.2, -0.15) is 5.26 Å². The number of halogens is 1. The minimum Gasteiger partial charge on any atom is -0.222 e. The van der Waals surface area contributed by atoms with Gasteiger partial charge in [0.1, 0.15) is 0 Å². The van der Waals surface area contributed by atoms with Crippen LogP contribution in [-0.4, -0.2) is 12.3 Å². The Labute approximate surface area is 281 Å². The van der Waals surface area contributed by atoms with Crippen molar-refractivity contribution in [3.05, 3.63) is 141 Å². The second kappa shape index (κ2) is 34.0. The van der Waals surface area contributed by atoms with Crippen molar-refractivity contribution >= 4 is 37.1 Å². The summed E-state index contributed by atoms with van der Waals surface area (Å²) in [5, 5.41) is 13.2. The molecule has 0 amide bonds. The summed E-state index contributed by atoms with van der Waals surface area (Å²) in [7, 11) is -5.24. The van der Waals surface area contributed by atoms with Crippen LogP contribution < -0.4 is 39.9 Å². The maximum Gasteiger partial charge on any atom is 0 e. The van der Waals surface area contributed by atoms with Crippen molar-refractivity contribution < 1.29 is 59.9 Å². The maximum absolute atomic E-state index is 8.49. The molecular weight excluding hydrogens is 675 g/mol. The molecule has 45 heavy (non-hydrogen) atoms. The Morgan fingerprint density at radius 1 is 0.533 bits per heavy atom. The van der Waals surface area contributed by atoms with Crippen LogP contribution in [0.3, 0.4) is 0 Å². The van der Waals surface area contributed by atoms with Crippen molar-refractivity contribution in [2.75, 3.05) is 12.3 Å². The summed E-state index contributed by atoms with van der Waals surface area (Å²) in [6, 6.07) is 45.0. The molecule has 0 atom stereocenters. The van der Waals surface area contributed by atoms with Gasteiger partial charge in [-0.25, -0.2) is 18.6 Å². The van der Waals surface area contributed by atoms with Crippen molar-refractivity contribution in [1.82, 2.24) is 0 Å². The molecule has 4 aromatic carbocycles. The topological polar surface area (TPSA) is 176 Å². The monoisotopic (exact) mass is 707 g/mol. The molecule has 0 bridgehead atoms. The summed E-state index contributed by atoms with van der Waals surface area (Å²) in [5.74, 6) is 0. The fourth-order valence-corrected chi connectivity index (χ4v) is 7.65. The number of hydrogen-bond donors (Lipinski definition) is 0. The number of benzene rings is 4. The average molecular weight is 708 g/mol. The van der Waals surface area contributed by atoms with E-state index in [9.17, 15) is 0 Å². The van der Waals surface area contributed by atoms with E-state index in [1.165, 1.54) is 40.5 Å². The third-order valence-electron chi connectivity index (χ3n) is 4.90. The molecule has 0 unspecified atom stereocenters. The first-order valence-electron chi connectivity index (χ1n) is 12.5. The predicted octanol–water partition coefficient (Wildman–Crippen LogP) is 1.94. The van der Waals surface area contributed by atoms with Gasteiger partial charge in [0.25, 0.3) is 0 Å². The summed E-state index contributed by atoms with van der Waals surface area (Å²) in [6.45, 7) is 19.5. The van der Waals surface area contributed by atoms with E-state index in [1.807, 2.05) is 0 Å². The molecule has 0 aliphatic heterocycles. The van der Waals surface area contributed by atoms with Gasteiger partial charge < -0.3 is 0 Å². The first-order chi connectivity index (χ1) is 21.2. The van der Waals surface area contributed by atoms with Gasteiger partial charge in [-0.1, -0.05) is 135 Å². The maximum atomic E-state index is 8.49. The smallest absolute Gasteiger partial charge is 0 e. The molecule has 0 aliphatic carbocycles. The van der Waals surface area contributed by atoms with Crippen LogP contribution >= 0.6 is 15.8 Å². The van der Waals surface area contributed by atoms with Crippen LogP contribution in [0.1, 0.15) is 20.8 Å². The molecule has 8 nitrogen and oxygen atoms in total. The van der Waals surface area contributed by atoms with Crippen LogP contribution in [0.25, 0.3) is 0 Å². The zero-order valence-electron chi connectivity index (χ0n) is 24.9. The van der Waals surface area contributed by atoms with E-state index in [-0.39, 0.29) is 32.9 Å². The van der Waals surface area contributed by atoms with Crippen LogP contribution in [-0.2, 0) is 31.0 Å².